The molecule has 0 saturated heterocycles. The third-order valence-electron chi connectivity index (χ3n) is 2.94. The van der Waals surface area contributed by atoms with Crippen molar-refractivity contribution in [1.29, 1.82) is 0 Å². The summed E-state index contributed by atoms with van der Waals surface area (Å²) < 4.78 is 29.5. The van der Waals surface area contributed by atoms with Gasteiger partial charge in [0.15, 0.2) is 11.6 Å². The van der Waals surface area contributed by atoms with Crippen molar-refractivity contribution in [1.82, 2.24) is 3.97 Å². The molecule has 5 heteroatoms. The molecule has 0 radical (unpaired) electrons. The van der Waals surface area contributed by atoms with E-state index in [0.29, 0.717) is 5.39 Å². The van der Waals surface area contributed by atoms with E-state index in [0.717, 1.165) is 17.7 Å². The van der Waals surface area contributed by atoms with Gasteiger partial charge in [0, 0.05) is 16.5 Å². The lowest BCUT2D eigenvalue weighted by Crippen LogP contribution is -1.93. The lowest BCUT2D eigenvalue weighted by molar-refractivity contribution is 0.511. The first-order chi connectivity index (χ1) is 9.16. The summed E-state index contributed by atoms with van der Waals surface area (Å²) in [5.41, 5.74) is 0.283. The van der Waals surface area contributed by atoms with Crippen LogP contribution in [-0.2, 0) is 0 Å². The van der Waals surface area contributed by atoms with Crippen molar-refractivity contribution >= 4 is 38.8 Å². The van der Waals surface area contributed by atoms with Crippen molar-refractivity contribution in [2.24, 2.45) is 0 Å². The highest BCUT2D eigenvalue weighted by molar-refractivity contribution is 9.10. The van der Waals surface area contributed by atoms with Crippen LogP contribution in [0.15, 0.2) is 45.9 Å². The van der Waals surface area contributed by atoms with Crippen molar-refractivity contribution in [2.45, 2.75) is 12.8 Å². The molecule has 0 amide bonds. The zero-order valence-corrected chi connectivity index (χ0v) is 12.3. The first-order valence-electron chi connectivity index (χ1n) is 5.86. The SMILES string of the molecule is Fc1c(Br)cc2ccn(SC3=CCCC=C3)c2c1F. The number of allylic oxidation sites excluding steroid dienone is 3. The maximum atomic E-state index is 14.0. The fourth-order valence-corrected chi connectivity index (χ4v) is 3.42. The minimum absolute atomic E-state index is 0.150. The highest BCUT2D eigenvalue weighted by atomic mass is 79.9. The summed E-state index contributed by atoms with van der Waals surface area (Å²) in [6.07, 6.45) is 9.97. The average molecular weight is 342 g/mol. The lowest BCUT2D eigenvalue weighted by atomic mass is 10.2. The van der Waals surface area contributed by atoms with Crippen LogP contribution >= 0.6 is 27.9 Å². The maximum absolute atomic E-state index is 14.0. The second-order valence-corrected chi connectivity index (χ2v) is 6.14. The highest BCUT2D eigenvalue weighted by Gasteiger charge is 2.16. The van der Waals surface area contributed by atoms with Crippen LogP contribution in [0.25, 0.3) is 10.9 Å². The zero-order chi connectivity index (χ0) is 13.4. The Kier molecular flexibility index (Phi) is 3.50. The van der Waals surface area contributed by atoms with Gasteiger partial charge in [-0.15, -0.1) is 0 Å². The van der Waals surface area contributed by atoms with E-state index in [2.05, 4.69) is 28.1 Å². The summed E-state index contributed by atoms with van der Waals surface area (Å²) in [5, 5.41) is 0.679. The predicted octanol–water partition coefficient (Wildman–Crippen LogP) is 5.41. The Labute approximate surface area is 122 Å². The van der Waals surface area contributed by atoms with Crippen molar-refractivity contribution < 1.29 is 8.78 Å². The molecule has 0 unspecified atom stereocenters. The number of rotatable bonds is 2. The van der Waals surface area contributed by atoms with Crippen molar-refractivity contribution in [3.63, 3.8) is 0 Å². The summed E-state index contributed by atoms with van der Waals surface area (Å²) in [4.78, 5) is 1.05. The third-order valence-corrected chi connectivity index (χ3v) is 4.53. The molecule has 19 heavy (non-hydrogen) atoms. The second-order valence-electron chi connectivity index (χ2n) is 4.24. The largest absolute Gasteiger partial charge is 0.284 e. The molecule has 1 aliphatic rings. The van der Waals surface area contributed by atoms with Crippen LogP contribution in [0.5, 0.6) is 0 Å². The Morgan fingerprint density at radius 2 is 2.05 bits per heavy atom. The van der Waals surface area contributed by atoms with Gasteiger partial charge >= 0.3 is 0 Å². The molecule has 1 nitrogen and oxygen atoms in total. The van der Waals surface area contributed by atoms with E-state index >= 15 is 0 Å². The van der Waals surface area contributed by atoms with Gasteiger partial charge in [-0.05, 0) is 52.9 Å². The Balaban J connectivity index is 2.07. The normalized spacial score (nSPS) is 15.0. The monoisotopic (exact) mass is 341 g/mol. The first-order valence-corrected chi connectivity index (χ1v) is 7.43. The van der Waals surface area contributed by atoms with E-state index in [-0.39, 0.29) is 9.99 Å². The summed E-state index contributed by atoms with van der Waals surface area (Å²) in [5.74, 6) is -1.66. The lowest BCUT2D eigenvalue weighted by Gasteiger charge is -2.09. The number of halogens is 3. The Morgan fingerprint density at radius 1 is 1.21 bits per heavy atom. The second kappa shape index (κ2) is 5.13. The molecule has 98 valence electrons. The molecule has 0 atom stereocenters. The van der Waals surface area contributed by atoms with Crippen LogP contribution in [-0.4, -0.2) is 3.97 Å². The minimum atomic E-state index is -0.846. The first kappa shape index (κ1) is 12.9. The van der Waals surface area contributed by atoms with Gasteiger partial charge in [-0.1, -0.05) is 18.2 Å². The Morgan fingerprint density at radius 3 is 2.79 bits per heavy atom. The summed E-state index contributed by atoms with van der Waals surface area (Å²) in [7, 11) is 0. The maximum Gasteiger partial charge on any atom is 0.185 e. The van der Waals surface area contributed by atoms with Crippen LogP contribution in [0.4, 0.5) is 8.78 Å². The van der Waals surface area contributed by atoms with E-state index in [1.807, 2.05) is 6.08 Å². The van der Waals surface area contributed by atoms with E-state index in [1.165, 1.54) is 11.9 Å². The number of aromatic nitrogens is 1. The van der Waals surface area contributed by atoms with Crippen LogP contribution in [0.2, 0.25) is 0 Å². The number of fused-ring (bicyclic) bond motifs is 1. The molecule has 1 aromatic heterocycles. The van der Waals surface area contributed by atoms with Gasteiger partial charge in [-0.2, -0.15) is 0 Å². The number of nitrogens with zero attached hydrogens (tertiary/aromatic N) is 1. The van der Waals surface area contributed by atoms with Gasteiger partial charge in [0.1, 0.15) is 0 Å². The molecule has 1 aliphatic carbocycles. The Hall–Kier alpha value is -1.07. The quantitative estimate of drug-likeness (QED) is 0.661. The fraction of sp³-hybridized carbons (Fsp3) is 0.143. The van der Waals surface area contributed by atoms with Gasteiger partial charge in [0.05, 0.1) is 9.99 Å². The molecule has 0 fully saturated rings. The number of hydrogen-bond donors (Lipinski definition) is 0. The molecule has 0 spiro atoms. The van der Waals surface area contributed by atoms with E-state index < -0.39 is 11.6 Å². The van der Waals surface area contributed by atoms with Gasteiger partial charge in [0.2, 0.25) is 0 Å². The molecule has 0 bridgehead atoms. The predicted molar refractivity (Wildman–Crippen MR) is 79.0 cm³/mol. The van der Waals surface area contributed by atoms with Gasteiger partial charge in [-0.25, -0.2) is 8.78 Å². The Bertz CT molecular complexity index is 703. The molecular formula is C14H10BrF2NS. The topological polar surface area (TPSA) is 4.93 Å². The van der Waals surface area contributed by atoms with Crippen LogP contribution in [0.3, 0.4) is 0 Å². The fourth-order valence-electron chi connectivity index (χ4n) is 2.02. The summed E-state index contributed by atoms with van der Waals surface area (Å²) >= 11 is 4.42. The summed E-state index contributed by atoms with van der Waals surface area (Å²) in [6, 6.07) is 3.37. The summed E-state index contributed by atoms with van der Waals surface area (Å²) in [6.45, 7) is 0. The van der Waals surface area contributed by atoms with E-state index in [1.54, 1.807) is 22.3 Å². The molecule has 1 heterocycles. The van der Waals surface area contributed by atoms with Gasteiger partial charge < -0.3 is 0 Å². The van der Waals surface area contributed by atoms with E-state index in [9.17, 15) is 8.78 Å². The zero-order valence-electron chi connectivity index (χ0n) is 9.87. The van der Waals surface area contributed by atoms with Crippen molar-refractivity contribution in [3.8, 4) is 0 Å². The van der Waals surface area contributed by atoms with Gasteiger partial charge in [0.25, 0.3) is 0 Å². The molecule has 2 aromatic rings. The molecule has 0 N–H and O–H groups in total. The van der Waals surface area contributed by atoms with Crippen LogP contribution < -0.4 is 0 Å². The van der Waals surface area contributed by atoms with Crippen LogP contribution in [0.1, 0.15) is 12.8 Å². The average Bonchev–Trinajstić information content (AvgIpc) is 2.80. The van der Waals surface area contributed by atoms with Gasteiger partial charge in [-0.3, -0.25) is 3.97 Å². The molecule has 3 rings (SSSR count). The van der Waals surface area contributed by atoms with E-state index in [4.69, 9.17) is 0 Å². The number of hydrogen-bond acceptors (Lipinski definition) is 1. The third kappa shape index (κ3) is 2.37. The standard InChI is InChI=1S/C14H10BrF2NS/c15-11-8-9-6-7-18(14(9)13(17)12(11)16)19-10-4-2-1-3-5-10/h2,4-8H,1,3H2. The number of benzene rings is 1. The minimum Gasteiger partial charge on any atom is -0.284 e. The molecule has 0 saturated carbocycles. The van der Waals surface area contributed by atoms with Crippen LogP contribution in [0, 0.1) is 11.6 Å². The molecule has 1 aromatic carbocycles. The molecule has 0 aliphatic heterocycles. The van der Waals surface area contributed by atoms with Crippen molar-refractivity contribution in [2.75, 3.05) is 0 Å². The highest BCUT2D eigenvalue weighted by Crippen LogP contribution is 2.33. The molecular weight excluding hydrogens is 332 g/mol. The smallest absolute Gasteiger partial charge is 0.185 e. The van der Waals surface area contributed by atoms with Crippen molar-refractivity contribution in [3.05, 3.63) is 57.6 Å².